The summed E-state index contributed by atoms with van der Waals surface area (Å²) in [5, 5.41) is 5.70. The summed E-state index contributed by atoms with van der Waals surface area (Å²) in [6.45, 7) is 4.70. The molecule has 5 nitrogen and oxygen atoms in total. The third-order valence-electron chi connectivity index (χ3n) is 4.20. The van der Waals surface area contributed by atoms with Gasteiger partial charge in [-0.25, -0.2) is 9.98 Å². The van der Waals surface area contributed by atoms with Crippen LogP contribution in [-0.4, -0.2) is 43.3 Å². The Morgan fingerprint density at radius 3 is 2.58 bits per heavy atom. The minimum Gasteiger partial charge on any atom is -0.357 e. The first-order valence-corrected chi connectivity index (χ1v) is 9.27. The van der Waals surface area contributed by atoms with Crippen LogP contribution < -0.4 is 15.5 Å². The zero-order valence-corrected chi connectivity index (χ0v) is 15.3. The predicted molar refractivity (Wildman–Crippen MR) is 98.4 cm³/mol. The van der Waals surface area contributed by atoms with E-state index in [0.717, 1.165) is 24.5 Å². The molecule has 1 aromatic heterocycles. The van der Waals surface area contributed by atoms with Crippen molar-refractivity contribution in [3.05, 3.63) is 23.9 Å². The summed E-state index contributed by atoms with van der Waals surface area (Å²) < 4.78 is 36.8. The highest BCUT2D eigenvalue weighted by Crippen LogP contribution is 2.19. The van der Waals surface area contributed by atoms with Crippen molar-refractivity contribution in [1.29, 1.82) is 0 Å². The lowest BCUT2D eigenvalue weighted by atomic mass is 10.2. The van der Waals surface area contributed by atoms with Gasteiger partial charge in [0.2, 0.25) is 0 Å². The number of aromatic nitrogens is 1. The van der Waals surface area contributed by atoms with Gasteiger partial charge >= 0.3 is 6.18 Å². The Kier molecular flexibility index (Phi) is 8.00. The molecule has 0 bridgehead atoms. The van der Waals surface area contributed by atoms with Crippen molar-refractivity contribution in [1.82, 2.24) is 15.6 Å². The first-order chi connectivity index (χ1) is 12.5. The molecule has 1 fully saturated rings. The Morgan fingerprint density at radius 1 is 1.19 bits per heavy atom. The molecule has 2 rings (SSSR count). The van der Waals surface area contributed by atoms with E-state index in [-0.39, 0.29) is 6.54 Å². The number of nitrogens with one attached hydrogen (secondary N) is 2. The molecule has 8 heteroatoms. The van der Waals surface area contributed by atoms with Gasteiger partial charge in [-0.15, -0.1) is 0 Å². The summed E-state index contributed by atoms with van der Waals surface area (Å²) >= 11 is 0. The molecule has 1 aliphatic rings. The van der Waals surface area contributed by atoms with Crippen LogP contribution in [-0.2, 0) is 6.54 Å². The second-order valence-corrected chi connectivity index (χ2v) is 6.41. The number of rotatable bonds is 6. The minimum absolute atomic E-state index is 0.190. The van der Waals surface area contributed by atoms with Crippen molar-refractivity contribution in [2.24, 2.45) is 4.99 Å². The zero-order chi connectivity index (χ0) is 18.8. The lowest BCUT2D eigenvalue weighted by molar-refractivity contribution is -0.132. The molecule has 2 N–H and O–H groups in total. The topological polar surface area (TPSA) is 52.6 Å². The summed E-state index contributed by atoms with van der Waals surface area (Å²) in [6.07, 6.45) is 1.60. The van der Waals surface area contributed by atoms with E-state index >= 15 is 0 Å². The Hall–Kier alpha value is -1.99. The first-order valence-electron chi connectivity index (χ1n) is 9.27. The summed E-state index contributed by atoms with van der Waals surface area (Å²) in [4.78, 5) is 11.2. The quantitative estimate of drug-likeness (QED) is 0.594. The Bertz CT molecular complexity index is 566. The van der Waals surface area contributed by atoms with Crippen molar-refractivity contribution in [3.8, 4) is 0 Å². The molecule has 0 atom stereocenters. The van der Waals surface area contributed by atoms with E-state index in [9.17, 15) is 13.2 Å². The van der Waals surface area contributed by atoms with Crippen LogP contribution in [0.4, 0.5) is 19.0 Å². The molecule has 1 saturated heterocycles. The van der Waals surface area contributed by atoms with Gasteiger partial charge in [-0.05, 0) is 37.5 Å². The lowest BCUT2D eigenvalue weighted by Crippen LogP contribution is -2.38. The SMILES string of the molecule is CCNC(=NCc1ccnc(N2CCCCCC2)c1)NCCC(F)(F)F. The third-order valence-corrected chi connectivity index (χ3v) is 4.20. The molecule has 0 aromatic carbocycles. The molecule has 1 aliphatic heterocycles. The number of aliphatic imine (C=N–C) groups is 1. The highest BCUT2D eigenvalue weighted by molar-refractivity contribution is 5.79. The van der Waals surface area contributed by atoms with Crippen molar-refractivity contribution in [3.63, 3.8) is 0 Å². The number of alkyl halides is 3. The molecule has 0 amide bonds. The van der Waals surface area contributed by atoms with E-state index in [1.807, 2.05) is 19.1 Å². The third kappa shape index (κ3) is 7.49. The average molecular weight is 371 g/mol. The van der Waals surface area contributed by atoms with Crippen LogP contribution in [0, 0.1) is 0 Å². The van der Waals surface area contributed by atoms with Crippen molar-refractivity contribution in [2.75, 3.05) is 31.1 Å². The Labute approximate surface area is 153 Å². The van der Waals surface area contributed by atoms with Crippen molar-refractivity contribution >= 4 is 11.8 Å². The van der Waals surface area contributed by atoms with E-state index in [0.29, 0.717) is 19.0 Å². The molecule has 26 heavy (non-hydrogen) atoms. The molecule has 1 aromatic rings. The summed E-state index contributed by atoms with van der Waals surface area (Å²) in [7, 11) is 0. The monoisotopic (exact) mass is 371 g/mol. The lowest BCUT2D eigenvalue weighted by Gasteiger charge is -2.21. The molecule has 0 saturated carbocycles. The van der Waals surface area contributed by atoms with E-state index in [1.54, 1.807) is 6.20 Å². The van der Waals surface area contributed by atoms with Crippen molar-refractivity contribution < 1.29 is 13.2 Å². The van der Waals surface area contributed by atoms with Gasteiger partial charge in [-0.3, -0.25) is 0 Å². The normalized spacial score (nSPS) is 16.3. The van der Waals surface area contributed by atoms with Crippen LogP contribution in [0.15, 0.2) is 23.3 Å². The van der Waals surface area contributed by atoms with Gasteiger partial charge in [-0.1, -0.05) is 12.8 Å². The largest absolute Gasteiger partial charge is 0.390 e. The first kappa shape index (κ1) is 20.3. The maximum absolute atomic E-state index is 12.3. The number of nitrogens with zero attached hydrogens (tertiary/aromatic N) is 3. The average Bonchev–Trinajstić information content (AvgIpc) is 2.88. The number of hydrogen-bond acceptors (Lipinski definition) is 3. The maximum atomic E-state index is 12.3. The van der Waals surface area contributed by atoms with Crippen LogP contribution in [0.5, 0.6) is 0 Å². The molecular formula is C18H28F3N5. The Morgan fingerprint density at radius 2 is 1.92 bits per heavy atom. The second-order valence-electron chi connectivity index (χ2n) is 6.41. The zero-order valence-electron chi connectivity index (χ0n) is 15.3. The van der Waals surface area contributed by atoms with E-state index in [4.69, 9.17) is 0 Å². The highest BCUT2D eigenvalue weighted by atomic mass is 19.4. The number of halogens is 3. The fourth-order valence-corrected chi connectivity index (χ4v) is 2.87. The summed E-state index contributed by atoms with van der Waals surface area (Å²) in [5.41, 5.74) is 0.993. The molecule has 146 valence electrons. The minimum atomic E-state index is -4.17. The fourth-order valence-electron chi connectivity index (χ4n) is 2.87. The maximum Gasteiger partial charge on any atom is 0.390 e. The molecular weight excluding hydrogens is 343 g/mol. The summed E-state index contributed by atoms with van der Waals surface area (Å²) in [5.74, 6) is 1.35. The van der Waals surface area contributed by atoms with Gasteiger partial charge in [0.25, 0.3) is 0 Å². The number of hydrogen-bond donors (Lipinski definition) is 2. The van der Waals surface area contributed by atoms with E-state index in [2.05, 4.69) is 25.5 Å². The van der Waals surface area contributed by atoms with Gasteiger partial charge in [0.05, 0.1) is 13.0 Å². The van der Waals surface area contributed by atoms with Gasteiger partial charge in [-0.2, -0.15) is 13.2 Å². The second kappa shape index (κ2) is 10.2. The van der Waals surface area contributed by atoms with Gasteiger partial charge in [0, 0.05) is 32.4 Å². The fraction of sp³-hybridized carbons (Fsp3) is 0.667. The van der Waals surface area contributed by atoms with Crippen LogP contribution >= 0.6 is 0 Å². The standard InChI is InChI=1S/C18H28F3N5/c1-2-22-17(24-10-8-18(19,20)21)25-14-15-7-9-23-16(13-15)26-11-5-3-4-6-12-26/h7,9,13H,2-6,8,10-12,14H2,1H3,(H2,22,24,25). The molecule has 0 spiro atoms. The molecule has 0 aliphatic carbocycles. The number of anilines is 1. The number of pyridine rings is 1. The van der Waals surface area contributed by atoms with Crippen molar-refractivity contribution in [2.45, 2.75) is 51.7 Å². The van der Waals surface area contributed by atoms with E-state index < -0.39 is 12.6 Å². The smallest absolute Gasteiger partial charge is 0.357 e. The highest BCUT2D eigenvalue weighted by Gasteiger charge is 2.26. The van der Waals surface area contributed by atoms with Crippen LogP contribution in [0.25, 0.3) is 0 Å². The molecule has 0 unspecified atom stereocenters. The summed E-state index contributed by atoms with van der Waals surface area (Å²) in [6, 6.07) is 3.91. The number of guanidine groups is 1. The predicted octanol–water partition coefficient (Wildman–Crippen LogP) is 3.47. The van der Waals surface area contributed by atoms with Crippen LogP contribution in [0.3, 0.4) is 0 Å². The Balaban J connectivity index is 1.96. The van der Waals surface area contributed by atoms with Crippen LogP contribution in [0.2, 0.25) is 0 Å². The van der Waals surface area contributed by atoms with Gasteiger partial charge in [0.15, 0.2) is 5.96 Å². The van der Waals surface area contributed by atoms with Gasteiger partial charge < -0.3 is 15.5 Å². The van der Waals surface area contributed by atoms with Crippen LogP contribution in [0.1, 0.15) is 44.6 Å². The van der Waals surface area contributed by atoms with Gasteiger partial charge in [0.1, 0.15) is 5.82 Å². The molecule has 2 heterocycles. The molecule has 0 radical (unpaired) electrons. The van der Waals surface area contributed by atoms with E-state index in [1.165, 1.54) is 25.7 Å².